The van der Waals surface area contributed by atoms with Crippen LogP contribution >= 0.6 is 0 Å². The molecule has 3 saturated carbocycles. The van der Waals surface area contributed by atoms with Crippen molar-refractivity contribution < 1.29 is 28.7 Å². The number of likely N-dealkylation sites (tertiary alicyclic amines) is 1. The number of piperidine rings is 1. The Morgan fingerprint density at radius 3 is 2.00 bits per heavy atom. The molecule has 5 fully saturated rings. The molecule has 0 atom stereocenters. The van der Waals surface area contributed by atoms with Gasteiger partial charge in [-0.25, -0.2) is 4.39 Å². The van der Waals surface area contributed by atoms with Crippen molar-refractivity contribution in [2.24, 2.45) is 11.8 Å². The van der Waals surface area contributed by atoms with Crippen LogP contribution in [0.3, 0.4) is 0 Å². The molecule has 3 aliphatic carbocycles. The number of ether oxygens (including phenoxy) is 1. The van der Waals surface area contributed by atoms with Crippen LogP contribution < -0.4 is 4.74 Å². The van der Waals surface area contributed by atoms with Crippen molar-refractivity contribution in [3.05, 3.63) is 29.8 Å². The highest BCUT2D eigenvalue weighted by Gasteiger charge is 2.60. The zero-order valence-electron chi connectivity index (χ0n) is 20.8. The van der Waals surface area contributed by atoms with Gasteiger partial charge in [-0.3, -0.25) is 4.90 Å². The summed E-state index contributed by atoms with van der Waals surface area (Å²) in [6, 6.07) is 8.50. The van der Waals surface area contributed by atoms with Gasteiger partial charge < -0.3 is 4.74 Å². The summed E-state index contributed by atoms with van der Waals surface area (Å²) in [4.78, 5) is 26.6. The van der Waals surface area contributed by atoms with E-state index in [0.717, 1.165) is 76.8 Å². The van der Waals surface area contributed by atoms with Crippen molar-refractivity contribution in [2.75, 3.05) is 26.2 Å². The molecular formula is C28H40FNO5. The third kappa shape index (κ3) is 4.99. The molecule has 2 saturated heterocycles. The Labute approximate surface area is 208 Å². The first-order chi connectivity index (χ1) is 17.1. The first-order valence-corrected chi connectivity index (χ1v) is 14.0. The summed E-state index contributed by atoms with van der Waals surface area (Å²) in [6.45, 7) is 3.16. The first kappa shape index (κ1) is 24.1. The Kier molecular flexibility index (Phi) is 7.06. The van der Waals surface area contributed by atoms with Crippen molar-refractivity contribution in [3.63, 3.8) is 0 Å². The Hall–Kier alpha value is -1.25. The van der Waals surface area contributed by atoms with Crippen LogP contribution in [0, 0.1) is 11.8 Å². The summed E-state index contributed by atoms with van der Waals surface area (Å²) in [5.41, 5.74) is 1.33. The number of hydrogen-bond donors (Lipinski definition) is 0. The van der Waals surface area contributed by atoms with Gasteiger partial charge in [0.05, 0.1) is 0 Å². The second kappa shape index (κ2) is 10.3. The molecule has 6 rings (SSSR count). The average Bonchev–Trinajstić information content (AvgIpc) is 2.88. The molecule has 194 valence electrons. The molecule has 0 amide bonds. The van der Waals surface area contributed by atoms with Gasteiger partial charge in [0.1, 0.15) is 18.5 Å². The summed E-state index contributed by atoms with van der Waals surface area (Å²) in [5.74, 6) is 0.670. The third-order valence-electron chi connectivity index (χ3n) is 9.29. The molecule has 1 aromatic carbocycles. The van der Waals surface area contributed by atoms with Gasteiger partial charge in [-0.05, 0) is 75.0 Å². The maximum Gasteiger partial charge on any atom is 0.239 e. The van der Waals surface area contributed by atoms with Gasteiger partial charge >= 0.3 is 0 Å². The molecular weight excluding hydrogens is 449 g/mol. The molecule has 1 aromatic rings. The van der Waals surface area contributed by atoms with Crippen LogP contribution in [0.2, 0.25) is 0 Å². The van der Waals surface area contributed by atoms with Crippen LogP contribution in [0.15, 0.2) is 24.3 Å². The zero-order chi connectivity index (χ0) is 23.7. The molecule has 2 aliphatic heterocycles. The van der Waals surface area contributed by atoms with E-state index < -0.39 is 17.7 Å². The van der Waals surface area contributed by atoms with Crippen LogP contribution in [0.4, 0.5) is 4.39 Å². The van der Waals surface area contributed by atoms with Crippen LogP contribution in [0.1, 0.15) is 88.5 Å². The van der Waals surface area contributed by atoms with Crippen molar-refractivity contribution in [1.29, 1.82) is 0 Å². The van der Waals surface area contributed by atoms with E-state index in [1.165, 1.54) is 18.4 Å². The lowest BCUT2D eigenvalue weighted by molar-refractivity contribution is -0.678. The lowest BCUT2D eigenvalue weighted by Crippen LogP contribution is -2.61. The lowest BCUT2D eigenvalue weighted by Gasteiger charge is -2.54. The van der Waals surface area contributed by atoms with Crippen molar-refractivity contribution in [3.8, 4) is 5.75 Å². The average molecular weight is 490 g/mol. The smallest absolute Gasteiger partial charge is 0.239 e. The minimum Gasteiger partial charge on any atom is -0.492 e. The molecule has 0 N–H and O–H groups in total. The molecule has 2 bridgehead atoms. The van der Waals surface area contributed by atoms with Crippen LogP contribution in [-0.4, -0.2) is 48.9 Å². The topological polar surface area (TPSA) is 49.4 Å². The molecule has 6 nitrogen and oxygen atoms in total. The molecule has 35 heavy (non-hydrogen) atoms. The Balaban J connectivity index is 0.969. The fraction of sp³-hybridized carbons (Fsp3) is 0.786. The normalized spacial score (nSPS) is 38.6. The maximum absolute atomic E-state index is 13.3. The second-order valence-corrected chi connectivity index (χ2v) is 11.4. The Bertz CT molecular complexity index is 800. The van der Waals surface area contributed by atoms with E-state index in [1.54, 1.807) is 0 Å². The Morgan fingerprint density at radius 2 is 1.40 bits per heavy atom. The molecule has 0 radical (unpaired) electrons. The number of halogens is 1. The fourth-order valence-electron chi connectivity index (χ4n) is 7.04. The monoisotopic (exact) mass is 489 g/mol. The van der Waals surface area contributed by atoms with Crippen molar-refractivity contribution in [1.82, 2.24) is 4.90 Å². The van der Waals surface area contributed by atoms with Crippen LogP contribution in [0.5, 0.6) is 5.75 Å². The minimum atomic E-state index is -0.771. The third-order valence-corrected chi connectivity index (χ3v) is 9.29. The van der Waals surface area contributed by atoms with E-state index in [4.69, 9.17) is 24.3 Å². The molecule has 0 unspecified atom stereocenters. The quantitative estimate of drug-likeness (QED) is 0.469. The Morgan fingerprint density at radius 1 is 0.800 bits per heavy atom. The van der Waals surface area contributed by atoms with E-state index >= 15 is 0 Å². The molecule has 0 aromatic heterocycles. The number of nitrogens with zero attached hydrogens (tertiary/aromatic N) is 1. The highest BCUT2D eigenvalue weighted by atomic mass is 19.1. The predicted octanol–water partition coefficient (Wildman–Crippen LogP) is 6.06. The summed E-state index contributed by atoms with van der Waals surface area (Å²) < 4.78 is 19.2. The SMILES string of the molecule is FC1CCN(CCOc2ccc(C3CCC4(CC3)OOC3(OO4)C4CCCC3CCC4)cc2)CC1. The van der Waals surface area contributed by atoms with Gasteiger partial charge in [0.2, 0.25) is 11.6 Å². The van der Waals surface area contributed by atoms with Gasteiger partial charge in [0.15, 0.2) is 0 Å². The van der Waals surface area contributed by atoms with E-state index in [1.807, 2.05) is 0 Å². The van der Waals surface area contributed by atoms with Gasteiger partial charge in [0, 0.05) is 44.3 Å². The first-order valence-electron chi connectivity index (χ1n) is 14.0. The van der Waals surface area contributed by atoms with E-state index in [2.05, 4.69) is 29.2 Å². The molecule has 2 spiro atoms. The van der Waals surface area contributed by atoms with E-state index in [0.29, 0.717) is 37.2 Å². The second-order valence-electron chi connectivity index (χ2n) is 11.4. The zero-order valence-corrected chi connectivity index (χ0v) is 20.8. The standard InChI is InChI=1S/C28H40FNO5/c29-25-13-17-30(18-14-25)19-20-31-26-9-7-21(8-10-26)22-11-15-27(16-12-22)32-34-28(35-33-27)23-3-1-4-24(28)6-2-5-23/h7-10,22-25H,1-6,11-20H2. The van der Waals surface area contributed by atoms with Crippen molar-refractivity contribution >= 4 is 0 Å². The van der Waals surface area contributed by atoms with E-state index in [9.17, 15) is 4.39 Å². The van der Waals surface area contributed by atoms with Gasteiger partial charge in [-0.2, -0.15) is 19.6 Å². The maximum atomic E-state index is 13.3. The van der Waals surface area contributed by atoms with Crippen LogP contribution in [-0.2, 0) is 19.6 Å². The van der Waals surface area contributed by atoms with Crippen molar-refractivity contribution in [2.45, 2.75) is 101 Å². The predicted molar refractivity (Wildman–Crippen MR) is 128 cm³/mol. The number of alkyl halides is 1. The van der Waals surface area contributed by atoms with Crippen LogP contribution in [0.25, 0.3) is 0 Å². The number of hydrogen-bond acceptors (Lipinski definition) is 6. The molecule has 2 heterocycles. The molecule has 5 aliphatic rings. The van der Waals surface area contributed by atoms with Gasteiger partial charge in [-0.1, -0.05) is 25.0 Å². The number of benzene rings is 1. The van der Waals surface area contributed by atoms with E-state index in [-0.39, 0.29) is 0 Å². The lowest BCUT2D eigenvalue weighted by atomic mass is 9.67. The minimum absolute atomic E-state index is 0.381. The largest absolute Gasteiger partial charge is 0.492 e. The summed E-state index contributed by atoms with van der Waals surface area (Å²) in [5, 5.41) is 0. The highest BCUT2D eigenvalue weighted by molar-refractivity contribution is 5.29. The molecule has 7 heteroatoms. The summed E-state index contributed by atoms with van der Waals surface area (Å²) in [7, 11) is 0. The van der Waals surface area contributed by atoms with Gasteiger partial charge in [-0.15, -0.1) is 0 Å². The van der Waals surface area contributed by atoms with Gasteiger partial charge in [0.25, 0.3) is 0 Å². The summed E-state index contributed by atoms with van der Waals surface area (Å²) in [6.07, 6.45) is 11.2. The summed E-state index contributed by atoms with van der Waals surface area (Å²) >= 11 is 0. The number of rotatable bonds is 5. The fourth-order valence-corrected chi connectivity index (χ4v) is 7.04. The highest BCUT2D eigenvalue weighted by Crippen LogP contribution is 2.54.